The van der Waals surface area contributed by atoms with Crippen LogP contribution in [-0.2, 0) is 10.1 Å². The van der Waals surface area contributed by atoms with E-state index in [0.717, 1.165) is 5.56 Å². The highest BCUT2D eigenvalue weighted by Gasteiger charge is 2.02. The second kappa shape index (κ2) is 6.79. The molecule has 0 aliphatic heterocycles. The fraction of sp³-hybridized carbons (Fsp3) is 0.333. The Bertz CT molecular complexity index is 355. The zero-order valence-corrected chi connectivity index (χ0v) is 9.74. The highest BCUT2D eigenvalue weighted by Crippen LogP contribution is 2.17. The molecular formula is C9H13ClO4S. The van der Waals surface area contributed by atoms with Crippen molar-refractivity contribution in [3.63, 3.8) is 0 Å². The molecule has 0 aliphatic carbocycles. The zero-order chi connectivity index (χ0) is 11.9. The average molecular weight is 253 g/mol. The van der Waals surface area contributed by atoms with Crippen molar-refractivity contribution in [2.75, 3.05) is 12.9 Å². The number of hydrogen-bond acceptors (Lipinski definition) is 3. The normalized spacial score (nSPS) is 12.5. The fourth-order valence-electron chi connectivity index (χ4n) is 0.767. The van der Waals surface area contributed by atoms with Crippen molar-refractivity contribution in [1.82, 2.24) is 0 Å². The summed E-state index contributed by atoms with van der Waals surface area (Å²) in [5.41, 5.74) is 0.965. The molecule has 1 atom stereocenters. The van der Waals surface area contributed by atoms with Gasteiger partial charge in [-0.05, 0) is 5.56 Å². The van der Waals surface area contributed by atoms with E-state index in [1.807, 2.05) is 30.3 Å². The van der Waals surface area contributed by atoms with E-state index in [-0.39, 0.29) is 12.0 Å². The van der Waals surface area contributed by atoms with Gasteiger partial charge in [0.05, 0.1) is 18.2 Å². The Kier molecular flexibility index (Phi) is 6.51. The predicted octanol–water partition coefficient (Wildman–Crippen LogP) is 1.46. The van der Waals surface area contributed by atoms with Crippen LogP contribution in [0.1, 0.15) is 10.9 Å². The van der Waals surface area contributed by atoms with Crippen molar-refractivity contribution < 1.29 is 18.1 Å². The van der Waals surface area contributed by atoms with Gasteiger partial charge in [0.2, 0.25) is 0 Å². The molecule has 4 nitrogen and oxygen atoms in total. The zero-order valence-electron chi connectivity index (χ0n) is 8.17. The smallest absolute Gasteiger partial charge is 0.261 e. The lowest BCUT2D eigenvalue weighted by Gasteiger charge is -2.03. The second-order valence-corrected chi connectivity index (χ2v) is 4.79. The summed E-state index contributed by atoms with van der Waals surface area (Å²) in [7, 11) is -3.67. The monoisotopic (exact) mass is 252 g/mol. The van der Waals surface area contributed by atoms with E-state index in [2.05, 4.69) is 0 Å². The van der Waals surface area contributed by atoms with Crippen molar-refractivity contribution >= 4 is 21.7 Å². The Hall–Kier alpha value is -0.620. The van der Waals surface area contributed by atoms with Crippen LogP contribution in [0.15, 0.2) is 30.3 Å². The summed E-state index contributed by atoms with van der Waals surface area (Å²) in [5.74, 6) is 0. The van der Waals surface area contributed by atoms with Crippen LogP contribution in [0.25, 0.3) is 0 Å². The molecule has 0 amide bonds. The molecule has 0 saturated carbocycles. The van der Waals surface area contributed by atoms with Crippen LogP contribution >= 0.6 is 11.6 Å². The van der Waals surface area contributed by atoms with Gasteiger partial charge in [0, 0.05) is 0 Å². The van der Waals surface area contributed by atoms with Gasteiger partial charge in [-0.1, -0.05) is 30.3 Å². The molecule has 0 bridgehead atoms. The molecule has 6 heteroatoms. The first kappa shape index (κ1) is 14.4. The van der Waals surface area contributed by atoms with E-state index in [0.29, 0.717) is 6.26 Å². The minimum absolute atomic E-state index is 0.00836. The van der Waals surface area contributed by atoms with Gasteiger partial charge in [-0.3, -0.25) is 4.55 Å². The van der Waals surface area contributed by atoms with E-state index in [1.165, 1.54) is 0 Å². The first-order valence-electron chi connectivity index (χ1n) is 4.07. The van der Waals surface area contributed by atoms with Gasteiger partial charge in [0.1, 0.15) is 0 Å². The quantitative estimate of drug-likeness (QED) is 0.617. The fourth-order valence-corrected chi connectivity index (χ4v) is 0.913. The maximum absolute atomic E-state index is 9.19. The summed E-state index contributed by atoms with van der Waals surface area (Å²) < 4.78 is 25.9. The number of alkyl halides is 1. The molecule has 1 rings (SSSR count). The van der Waals surface area contributed by atoms with Crippen LogP contribution in [0.4, 0.5) is 0 Å². The lowest BCUT2D eigenvalue weighted by Crippen LogP contribution is -1.94. The molecular weight excluding hydrogens is 240 g/mol. The molecule has 1 aromatic carbocycles. The summed E-state index contributed by atoms with van der Waals surface area (Å²) in [6.07, 6.45) is 0.715. The molecule has 0 aromatic heterocycles. The number of aliphatic hydroxyl groups excluding tert-OH is 1. The molecule has 15 heavy (non-hydrogen) atoms. The molecule has 1 aromatic rings. The first-order chi connectivity index (χ1) is 6.84. The molecule has 0 heterocycles. The largest absolute Gasteiger partial charge is 0.394 e. The maximum atomic E-state index is 9.19. The summed E-state index contributed by atoms with van der Waals surface area (Å²) in [6, 6.07) is 9.52. The highest BCUT2D eigenvalue weighted by molar-refractivity contribution is 7.85. The third-order valence-electron chi connectivity index (χ3n) is 1.32. The van der Waals surface area contributed by atoms with Gasteiger partial charge in [-0.15, -0.1) is 11.6 Å². The van der Waals surface area contributed by atoms with Crippen LogP contribution in [0.5, 0.6) is 0 Å². The van der Waals surface area contributed by atoms with E-state index in [9.17, 15) is 8.42 Å². The summed E-state index contributed by atoms with van der Waals surface area (Å²) in [6.45, 7) is -0.00836. The van der Waals surface area contributed by atoms with Crippen molar-refractivity contribution in [3.05, 3.63) is 35.9 Å². The van der Waals surface area contributed by atoms with Crippen LogP contribution < -0.4 is 0 Å². The van der Waals surface area contributed by atoms with Gasteiger partial charge < -0.3 is 5.11 Å². The van der Waals surface area contributed by atoms with Crippen LogP contribution in [-0.4, -0.2) is 30.9 Å². The lowest BCUT2D eigenvalue weighted by molar-refractivity contribution is 0.294. The number of halogens is 1. The third-order valence-corrected chi connectivity index (χ3v) is 1.71. The Morgan fingerprint density at radius 1 is 1.33 bits per heavy atom. The first-order valence-corrected chi connectivity index (χ1v) is 6.35. The molecule has 0 aliphatic rings. The van der Waals surface area contributed by atoms with E-state index in [1.54, 1.807) is 0 Å². The van der Waals surface area contributed by atoms with Gasteiger partial charge in [0.25, 0.3) is 10.1 Å². The van der Waals surface area contributed by atoms with E-state index < -0.39 is 10.1 Å². The molecule has 1 unspecified atom stereocenters. The standard InChI is InChI=1S/C8H9ClO.CH4O3S/c9-8(6-10)7-4-2-1-3-5-7;1-5(2,3)4/h1-5,8,10H,6H2;1H3,(H,2,3,4). The van der Waals surface area contributed by atoms with Crippen molar-refractivity contribution in [2.45, 2.75) is 5.38 Å². The summed E-state index contributed by atoms with van der Waals surface area (Å²) in [5, 5.41) is 8.39. The van der Waals surface area contributed by atoms with Crippen molar-refractivity contribution in [1.29, 1.82) is 0 Å². The van der Waals surface area contributed by atoms with Crippen LogP contribution in [0.2, 0.25) is 0 Å². The highest BCUT2D eigenvalue weighted by atomic mass is 35.5. The minimum atomic E-state index is -3.67. The van der Waals surface area contributed by atoms with Crippen LogP contribution in [0.3, 0.4) is 0 Å². The number of benzene rings is 1. The topological polar surface area (TPSA) is 74.6 Å². The number of aliphatic hydroxyl groups is 1. The molecule has 0 fully saturated rings. The van der Waals surface area contributed by atoms with Gasteiger partial charge >= 0.3 is 0 Å². The predicted molar refractivity (Wildman–Crippen MR) is 59.6 cm³/mol. The van der Waals surface area contributed by atoms with Gasteiger partial charge in [-0.25, -0.2) is 0 Å². The molecule has 0 spiro atoms. The average Bonchev–Trinajstić information content (AvgIpc) is 2.15. The Morgan fingerprint density at radius 3 is 2.07 bits per heavy atom. The Morgan fingerprint density at radius 2 is 1.73 bits per heavy atom. The third kappa shape index (κ3) is 9.68. The van der Waals surface area contributed by atoms with Crippen molar-refractivity contribution in [3.8, 4) is 0 Å². The lowest BCUT2D eigenvalue weighted by atomic mass is 10.2. The van der Waals surface area contributed by atoms with E-state index in [4.69, 9.17) is 21.3 Å². The summed E-state index contributed by atoms with van der Waals surface area (Å²) >= 11 is 5.74. The van der Waals surface area contributed by atoms with Gasteiger partial charge in [0.15, 0.2) is 0 Å². The van der Waals surface area contributed by atoms with Crippen molar-refractivity contribution in [2.24, 2.45) is 0 Å². The SMILES string of the molecule is CS(=O)(=O)O.OCC(Cl)c1ccccc1. The summed E-state index contributed by atoms with van der Waals surface area (Å²) in [4.78, 5) is 0. The second-order valence-electron chi connectivity index (χ2n) is 2.79. The minimum Gasteiger partial charge on any atom is -0.394 e. The Balaban J connectivity index is 0.000000336. The number of hydrogen-bond donors (Lipinski definition) is 2. The maximum Gasteiger partial charge on any atom is 0.261 e. The molecule has 0 saturated heterocycles. The molecule has 2 N–H and O–H groups in total. The number of rotatable bonds is 2. The molecule has 0 radical (unpaired) electrons. The molecule has 86 valence electrons. The van der Waals surface area contributed by atoms with E-state index >= 15 is 0 Å². The van der Waals surface area contributed by atoms with Gasteiger partial charge in [-0.2, -0.15) is 8.42 Å². The Labute approximate surface area is 94.3 Å². The van der Waals surface area contributed by atoms with Crippen LogP contribution in [0, 0.1) is 0 Å².